The number of anilines is 1. The molecule has 7 nitrogen and oxygen atoms in total. The second-order valence-corrected chi connectivity index (χ2v) is 6.23. The maximum atomic E-state index is 12.6. The van der Waals surface area contributed by atoms with E-state index in [9.17, 15) is 9.59 Å². The number of carbonyl (C=O) groups excluding carboxylic acids is 2. The van der Waals surface area contributed by atoms with Gasteiger partial charge in [0.2, 0.25) is 0 Å². The lowest BCUT2D eigenvalue weighted by Crippen LogP contribution is -2.54. The Hall–Kier alpha value is -2.83. The number of nitrogens with zero attached hydrogens (tertiary/aromatic N) is 4. The molecule has 132 valence electrons. The first-order valence-corrected chi connectivity index (χ1v) is 8.22. The Kier molecular flexibility index (Phi) is 4.74. The summed E-state index contributed by atoms with van der Waals surface area (Å²) in [5, 5.41) is 4.07. The summed E-state index contributed by atoms with van der Waals surface area (Å²) in [7, 11) is 3.17. The fourth-order valence-corrected chi connectivity index (χ4v) is 3.12. The van der Waals surface area contributed by atoms with E-state index in [1.807, 2.05) is 24.0 Å². The lowest BCUT2D eigenvalue weighted by Gasteiger charge is -2.41. The van der Waals surface area contributed by atoms with Gasteiger partial charge in [0, 0.05) is 44.6 Å². The monoisotopic (exact) mass is 342 g/mol. The Balaban J connectivity index is 1.67. The molecule has 0 radical (unpaired) electrons. The van der Waals surface area contributed by atoms with Gasteiger partial charge in [-0.3, -0.25) is 9.48 Å². The summed E-state index contributed by atoms with van der Waals surface area (Å²) in [6, 6.07) is 7.44. The van der Waals surface area contributed by atoms with Crippen molar-refractivity contribution in [1.82, 2.24) is 14.7 Å². The second kappa shape index (κ2) is 6.96. The molecular weight excluding hydrogens is 320 g/mol. The maximum Gasteiger partial charge on any atom is 0.337 e. The number of ether oxygens (including phenoxy) is 1. The van der Waals surface area contributed by atoms with E-state index < -0.39 is 0 Å². The van der Waals surface area contributed by atoms with Gasteiger partial charge in [0.25, 0.3) is 5.91 Å². The number of rotatable bonds is 3. The van der Waals surface area contributed by atoms with Crippen molar-refractivity contribution >= 4 is 17.6 Å². The SMILES string of the molecule is COC(=O)c1ccc(N2CCN(C(=O)c3cnn(C)c3)[C@@H](C)C2)cc1. The summed E-state index contributed by atoms with van der Waals surface area (Å²) < 4.78 is 6.36. The predicted molar refractivity (Wildman–Crippen MR) is 93.7 cm³/mol. The van der Waals surface area contributed by atoms with Crippen LogP contribution in [0.2, 0.25) is 0 Å². The third kappa shape index (κ3) is 3.50. The number of amides is 1. The summed E-state index contributed by atoms with van der Waals surface area (Å²) in [6.45, 7) is 4.17. The highest BCUT2D eigenvalue weighted by Gasteiger charge is 2.28. The van der Waals surface area contributed by atoms with Crippen LogP contribution in [0.5, 0.6) is 0 Å². The number of hydrogen-bond donors (Lipinski definition) is 0. The number of aryl methyl sites for hydroxylation is 1. The first kappa shape index (κ1) is 17.0. The van der Waals surface area contributed by atoms with Gasteiger partial charge in [-0.25, -0.2) is 4.79 Å². The van der Waals surface area contributed by atoms with Crippen molar-refractivity contribution in [3.63, 3.8) is 0 Å². The van der Waals surface area contributed by atoms with Crippen molar-refractivity contribution in [3.8, 4) is 0 Å². The van der Waals surface area contributed by atoms with E-state index in [1.165, 1.54) is 7.11 Å². The van der Waals surface area contributed by atoms with Crippen molar-refractivity contribution in [1.29, 1.82) is 0 Å². The molecule has 1 fully saturated rings. The fourth-order valence-electron chi connectivity index (χ4n) is 3.12. The fraction of sp³-hybridized carbons (Fsp3) is 0.389. The molecule has 1 aromatic heterocycles. The predicted octanol–water partition coefficient (Wildman–Crippen LogP) is 1.56. The maximum absolute atomic E-state index is 12.6. The van der Waals surface area contributed by atoms with Crippen LogP contribution in [0, 0.1) is 0 Å². The zero-order valence-electron chi connectivity index (χ0n) is 14.7. The standard InChI is InChI=1S/C18H22N4O3/c1-13-11-21(16-6-4-14(5-7-16)18(24)25-3)8-9-22(13)17(23)15-10-19-20(2)12-15/h4-7,10,12-13H,8-9,11H2,1-3H3/t13-/m0/s1. The van der Waals surface area contributed by atoms with Crippen LogP contribution >= 0.6 is 0 Å². The van der Waals surface area contributed by atoms with Crippen LogP contribution in [-0.2, 0) is 11.8 Å². The number of benzene rings is 1. The molecule has 0 N–H and O–H groups in total. The molecule has 0 aliphatic carbocycles. The van der Waals surface area contributed by atoms with E-state index in [4.69, 9.17) is 4.74 Å². The molecular formula is C18H22N4O3. The summed E-state index contributed by atoms with van der Waals surface area (Å²) >= 11 is 0. The molecule has 2 aromatic rings. The quantitative estimate of drug-likeness (QED) is 0.792. The van der Waals surface area contributed by atoms with Crippen molar-refractivity contribution in [2.45, 2.75) is 13.0 Å². The summed E-state index contributed by atoms with van der Waals surface area (Å²) in [4.78, 5) is 28.2. The first-order valence-electron chi connectivity index (χ1n) is 8.22. The summed E-state index contributed by atoms with van der Waals surface area (Å²) in [5.74, 6) is -0.326. The highest BCUT2D eigenvalue weighted by atomic mass is 16.5. The molecule has 1 aliphatic rings. The third-order valence-corrected chi connectivity index (χ3v) is 4.49. The average Bonchev–Trinajstić information content (AvgIpc) is 3.07. The summed E-state index contributed by atoms with van der Waals surface area (Å²) in [6.07, 6.45) is 3.35. The zero-order valence-corrected chi connectivity index (χ0v) is 14.7. The molecule has 1 amide bonds. The van der Waals surface area contributed by atoms with E-state index >= 15 is 0 Å². The van der Waals surface area contributed by atoms with Crippen LogP contribution in [0.25, 0.3) is 0 Å². The third-order valence-electron chi connectivity index (χ3n) is 4.49. The van der Waals surface area contributed by atoms with Crippen molar-refractivity contribution < 1.29 is 14.3 Å². The van der Waals surface area contributed by atoms with E-state index in [0.717, 1.165) is 18.8 Å². The number of aromatic nitrogens is 2. The van der Waals surface area contributed by atoms with E-state index in [0.29, 0.717) is 17.7 Å². The van der Waals surface area contributed by atoms with Gasteiger partial charge in [0.15, 0.2) is 0 Å². The highest BCUT2D eigenvalue weighted by molar-refractivity contribution is 5.94. The molecule has 1 atom stereocenters. The Morgan fingerprint density at radius 1 is 1.16 bits per heavy atom. The molecule has 2 heterocycles. The highest BCUT2D eigenvalue weighted by Crippen LogP contribution is 2.21. The molecule has 3 rings (SSSR count). The number of carbonyl (C=O) groups is 2. The first-order chi connectivity index (χ1) is 12.0. The van der Waals surface area contributed by atoms with Gasteiger partial charge in [0.1, 0.15) is 0 Å². The minimum Gasteiger partial charge on any atom is -0.465 e. The van der Waals surface area contributed by atoms with Gasteiger partial charge in [-0.2, -0.15) is 5.10 Å². The van der Waals surface area contributed by atoms with Gasteiger partial charge in [-0.15, -0.1) is 0 Å². The molecule has 1 aliphatic heterocycles. The normalized spacial score (nSPS) is 17.5. The molecule has 1 aromatic carbocycles. The average molecular weight is 342 g/mol. The van der Waals surface area contributed by atoms with Gasteiger partial charge in [-0.1, -0.05) is 0 Å². The van der Waals surface area contributed by atoms with Crippen LogP contribution in [-0.4, -0.2) is 59.3 Å². The van der Waals surface area contributed by atoms with E-state index in [1.54, 1.807) is 36.3 Å². The smallest absolute Gasteiger partial charge is 0.337 e. The molecule has 0 saturated carbocycles. The van der Waals surface area contributed by atoms with Gasteiger partial charge in [-0.05, 0) is 31.2 Å². The van der Waals surface area contributed by atoms with E-state index in [2.05, 4.69) is 10.00 Å². The largest absolute Gasteiger partial charge is 0.465 e. The minimum absolute atomic E-state index is 0.0151. The van der Waals surface area contributed by atoms with Crippen LogP contribution in [0.4, 0.5) is 5.69 Å². The molecule has 0 unspecified atom stereocenters. The van der Waals surface area contributed by atoms with Gasteiger partial charge < -0.3 is 14.5 Å². The number of methoxy groups -OCH3 is 1. The van der Waals surface area contributed by atoms with Crippen LogP contribution in [0.1, 0.15) is 27.6 Å². The van der Waals surface area contributed by atoms with Gasteiger partial charge >= 0.3 is 5.97 Å². The van der Waals surface area contributed by atoms with Crippen LogP contribution < -0.4 is 4.90 Å². The van der Waals surface area contributed by atoms with Crippen molar-refractivity contribution in [2.75, 3.05) is 31.6 Å². The Bertz CT molecular complexity index is 769. The lowest BCUT2D eigenvalue weighted by atomic mass is 10.1. The Morgan fingerprint density at radius 2 is 1.88 bits per heavy atom. The topological polar surface area (TPSA) is 67.7 Å². The second-order valence-electron chi connectivity index (χ2n) is 6.23. The summed E-state index contributed by atoms with van der Waals surface area (Å²) in [5.41, 5.74) is 2.18. The molecule has 0 spiro atoms. The van der Waals surface area contributed by atoms with Crippen LogP contribution in [0.3, 0.4) is 0 Å². The molecule has 1 saturated heterocycles. The Labute approximate surface area is 146 Å². The molecule has 0 bridgehead atoms. The number of hydrogen-bond acceptors (Lipinski definition) is 5. The lowest BCUT2D eigenvalue weighted by molar-refractivity contribution is 0.0599. The van der Waals surface area contributed by atoms with Crippen molar-refractivity contribution in [3.05, 3.63) is 47.8 Å². The zero-order chi connectivity index (χ0) is 18.0. The Morgan fingerprint density at radius 3 is 2.44 bits per heavy atom. The minimum atomic E-state index is -0.341. The van der Waals surface area contributed by atoms with Crippen molar-refractivity contribution in [2.24, 2.45) is 7.05 Å². The van der Waals surface area contributed by atoms with E-state index in [-0.39, 0.29) is 17.9 Å². The van der Waals surface area contributed by atoms with Gasteiger partial charge in [0.05, 0.1) is 24.4 Å². The number of piperazine rings is 1. The number of esters is 1. The molecule has 7 heteroatoms. The van der Waals surface area contributed by atoms with Crippen LogP contribution in [0.15, 0.2) is 36.7 Å². The molecule has 25 heavy (non-hydrogen) atoms.